The quantitative estimate of drug-likeness (QED) is 0.444. The summed E-state index contributed by atoms with van der Waals surface area (Å²) in [4.78, 5) is 43.0. The number of halogens is 6. The standard InChI is InChI=1S/C22H19F6N5O5/c1-7(2)13-14-21(18(34)30-20(36)31-19(21)35)5-8-3-9(16-29-17(15(24)25)38-32-16)10(23)4-11(8)33(14)6-12(37-13)22(26,27)28/h3-4,7,12-15H,5-6H2,1-2H3,(H2,30,31,34,35,36)/t12-,13?,14+/m0/s1. The van der Waals surface area contributed by atoms with E-state index in [2.05, 4.69) is 14.7 Å². The predicted octanol–water partition coefficient (Wildman–Crippen LogP) is 2.88. The van der Waals surface area contributed by atoms with Crippen molar-refractivity contribution in [3.8, 4) is 11.4 Å². The van der Waals surface area contributed by atoms with Crippen molar-refractivity contribution in [2.75, 3.05) is 11.4 Å². The molecule has 2 fully saturated rings. The molecule has 0 aliphatic carbocycles. The fraction of sp³-hybridized carbons (Fsp3) is 0.500. The molecule has 1 spiro atoms. The van der Waals surface area contributed by atoms with Crippen molar-refractivity contribution in [3.63, 3.8) is 0 Å². The third-order valence-electron chi connectivity index (χ3n) is 6.94. The van der Waals surface area contributed by atoms with Gasteiger partial charge in [-0.2, -0.15) is 26.9 Å². The number of aromatic nitrogens is 2. The molecule has 3 atom stereocenters. The van der Waals surface area contributed by atoms with Gasteiger partial charge in [0, 0.05) is 5.69 Å². The Morgan fingerprint density at radius 3 is 2.34 bits per heavy atom. The first-order valence-electron chi connectivity index (χ1n) is 11.3. The van der Waals surface area contributed by atoms with E-state index in [9.17, 15) is 36.3 Å². The maximum atomic E-state index is 15.3. The molecule has 1 unspecified atom stereocenters. The van der Waals surface area contributed by atoms with Crippen LogP contribution in [0.5, 0.6) is 0 Å². The minimum absolute atomic E-state index is 0.0195. The summed E-state index contributed by atoms with van der Waals surface area (Å²) in [7, 11) is 0. The van der Waals surface area contributed by atoms with Crippen molar-refractivity contribution < 1.29 is 50.0 Å². The minimum atomic E-state index is -4.84. The summed E-state index contributed by atoms with van der Waals surface area (Å²) in [6.07, 6.45) is -12.2. The number of urea groups is 1. The number of imide groups is 2. The molecule has 2 saturated heterocycles. The largest absolute Gasteiger partial charge is 0.416 e. The first kappa shape index (κ1) is 25.9. The molecule has 2 N–H and O–H groups in total. The van der Waals surface area contributed by atoms with Crippen LogP contribution in [0.15, 0.2) is 16.7 Å². The fourth-order valence-electron chi connectivity index (χ4n) is 5.29. The molecule has 1 aromatic heterocycles. The van der Waals surface area contributed by atoms with Gasteiger partial charge >= 0.3 is 18.6 Å². The molecular formula is C22H19F6N5O5. The highest BCUT2D eigenvalue weighted by Gasteiger charge is 2.65. The van der Waals surface area contributed by atoms with Gasteiger partial charge in [-0.15, -0.1) is 0 Å². The van der Waals surface area contributed by atoms with E-state index in [1.54, 1.807) is 0 Å². The zero-order valence-corrected chi connectivity index (χ0v) is 19.6. The molecule has 3 aliphatic rings. The lowest BCUT2D eigenvalue weighted by molar-refractivity contribution is -0.250. The van der Waals surface area contributed by atoms with Crippen LogP contribution in [-0.2, 0) is 20.7 Å². The molecule has 4 heterocycles. The number of morpholine rings is 1. The molecule has 2 aromatic rings. The van der Waals surface area contributed by atoms with Gasteiger partial charge < -0.3 is 14.2 Å². The van der Waals surface area contributed by atoms with Gasteiger partial charge in [0.1, 0.15) is 5.82 Å². The smallest absolute Gasteiger partial charge is 0.361 e. The number of nitrogens with one attached hydrogen (secondary N) is 2. The van der Waals surface area contributed by atoms with E-state index in [1.165, 1.54) is 13.8 Å². The van der Waals surface area contributed by atoms with Crippen molar-refractivity contribution in [1.82, 2.24) is 20.8 Å². The second kappa shape index (κ2) is 8.68. The summed E-state index contributed by atoms with van der Waals surface area (Å²) in [5.74, 6) is -5.52. The van der Waals surface area contributed by atoms with Gasteiger partial charge in [-0.05, 0) is 30.0 Å². The average molecular weight is 547 g/mol. The number of fused-ring (bicyclic) bond motifs is 4. The van der Waals surface area contributed by atoms with Crippen LogP contribution in [0.1, 0.15) is 31.7 Å². The number of amides is 4. The summed E-state index contributed by atoms with van der Waals surface area (Å²) in [6, 6.07) is -0.548. The highest BCUT2D eigenvalue weighted by Crippen LogP contribution is 2.50. The zero-order valence-electron chi connectivity index (χ0n) is 19.6. The van der Waals surface area contributed by atoms with Crippen LogP contribution in [-0.4, -0.2) is 59.0 Å². The Balaban J connectivity index is 1.72. The number of nitrogens with zero attached hydrogens (tertiary/aromatic N) is 3. The lowest BCUT2D eigenvalue weighted by Crippen LogP contribution is -2.76. The molecule has 0 saturated carbocycles. The molecule has 10 nitrogen and oxygen atoms in total. The van der Waals surface area contributed by atoms with Crippen LogP contribution in [0.3, 0.4) is 0 Å². The molecule has 204 valence electrons. The number of rotatable bonds is 3. The Morgan fingerprint density at radius 1 is 1.13 bits per heavy atom. The van der Waals surface area contributed by atoms with E-state index in [-0.39, 0.29) is 11.3 Å². The Labute approximate surface area is 209 Å². The molecule has 0 radical (unpaired) electrons. The zero-order chi connectivity index (χ0) is 27.7. The number of hydrogen-bond acceptors (Lipinski definition) is 8. The van der Waals surface area contributed by atoms with Gasteiger partial charge in [0.25, 0.3) is 5.89 Å². The topological polar surface area (TPSA) is 127 Å². The van der Waals surface area contributed by atoms with E-state index < -0.39 is 96.1 Å². The van der Waals surface area contributed by atoms with Crippen molar-refractivity contribution in [2.24, 2.45) is 11.3 Å². The summed E-state index contributed by atoms with van der Waals surface area (Å²) in [5.41, 5.74) is -2.65. The van der Waals surface area contributed by atoms with Gasteiger partial charge in [-0.25, -0.2) is 9.18 Å². The molecule has 0 bridgehead atoms. The third kappa shape index (κ3) is 3.88. The molecular weight excluding hydrogens is 528 g/mol. The molecule has 1 aromatic carbocycles. The highest BCUT2D eigenvalue weighted by molar-refractivity contribution is 6.20. The van der Waals surface area contributed by atoms with Crippen LogP contribution >= 0.6 is 0 Å². The predicted molar refractivity (Wildman–Crippen MR) is 113 cm³/mol. The van der Waals surface area contributed by atoms with E-state index >= 15 is 4.39 Å². The number of ether oxygens (including phenoxy) is 1. The normalized spacial score (nSPS) is 24.9. The number of benzene rings is 1. The molecule has 4 amide bonds. The van der Waals surface area contributed by atoms with E-state index in [4.69, 9.17) is 4.74 Å². The Bertz CT molecular complexity index is 1310. The van der Waals surface area contributed by atoms with Gasteiger partial charge in [0.15, 0.2) is 11.5 Å². The van der Waals surface area contributed by atoms with Gasteiger partial charge in [-0.1, -0.05) is 19.0 Å². The van der Waals surface area contributed by atoms with Crippen molar-refractivity contribution in [1.29, 1.82) is 0 Å². The summed E-state index contributed by atoms with van der Waals surface area (Å²) in [6.45, 7) is 2.18. The average Bonchev–Trinajstić information content (AvgIpc) is 3.31. The second-order valence-electron chi connectivity index (χ2n) is 9.58. The number of alkyl halides is 5. The van der Waals surface area contributed by atoms with Crippen LogP contribution in [0.4, 0.5) is 36.8 Å². The van der Waals surface area contributed by atoms with Crippen LogP contribution in [0.25, 0.3) is 11.4 Å². The SMILES string of the molecule is CC(C)C1O[C@H](C(F)(F)F)CN2c3cc(F)c(-c4noc(C(F)F)n4)cc3CC3(C(=O)NC(=O)NC3=O)[C@@H]12. The number of carbonyl (C=O) groups is 3. The maximum Gasteiger partial charge on any atom is 0.416 e. The van der Waals surface area contributed by atoms with Crippen LogP contribution in [0.2, 0.25) is 0 Å². The van der Waals surface area contributed by atoms with E-state index in [0.717, 1.165) is 17.0 Å². The molecule has 38 heavy (non-hydrogen) atoms. The van der Waals surface area contributed by atoms with Crippen LogP contribution < -0.4 is 15.5 Å². The molecule has 16 heteroatoms. The Morgan fingerprint density at radius 2 is 1.79 bits per heavy atom. The number of hydrogen-bond donors (Lipinski definition) is 2. The lowest BCUT2D eigenvalue weighted by atomic mass is 9.65. The molecule has 3 aliphatic heterocycles. The fourth-order valence-corrected chi connectivity index (χ4v) is 5.29. The van der Waals surface area contributed by atoms with Crippen molar-refractivity contribution in [2.45, 2.75) is 51.1 Å². The van der Waals surface area contributed by atoms with Crippen molar-refractivity contribution in [3.05, 3.63) is 29.4 Å². The Kier molecular flexibility index (Phi) is 5.92. The van der Waals surface area contributed by atoms with E-state index in [1.807, 2.05) is 10.6 Å². The minimum Gasteiger partial charge on any atom is -0.361 e. The summed E-state index contributed by atoms with van der Waals surface area (Å²) >= 11 is 0. The van der Waals surface area contributed by atoms with Gasteiger partial charge in [0.2, 0.25) is 17.6 Å². The first-order valence-corrected chi connectivity index (χ1v) is 11.3. The van der Waals surface area contributed by atoms with Gasteiger partial charge in [0.05, 0.1) is 24.3 Å². The van der Waals surface area contributed by atoms with Crippen molar-refractivity contribution >= 4 is 23.5 Å². The lowest BCUT2D eigenvalue weighted by Gasteiger charge is -2.57. The Hall–Kier alpha value is -3.69. The first-order chi connectivity index (χ1) is 17.7. The van der Waals surface area contributed by atoms with Gasteiger partial charge in [-0.3, -0.25) is 20.2 Å². The number of carbonyl (C=O) groups excluding carboxylic acids is 3. The van der Waals surface area contributed by atoms with E-state index in [0.29, 0.717) is 0 Å². The second-order valence-corrected chi connectivity index (χ2v) is 9.58. The highest BCUT2D eigenvalue weighted by atomic mass is 19.4. The summed E-state index contributed by atoms with van der Waals surface area (Å²) < 4.78 is 92.5. The monoisotopic (exact) mass is 547 g/mol. The molecule has 5 rings (SSSR count). The van der Waals surface area contributed by atoms with Crippen LogP contribution in [0, 0.1) is 17.2 Å². The maximum absolute atomic E-state index is 15.3. The third-order valence-corrected chi connectivity index (χ3v) is 6.94. The number of anilines is 1. The number of barbiturate groups is 1. The summed E-state index contributed by atoms with van der Waals surface area (Å²) in [5, 5.41) is 7.32.